The number of rotatable bonds is 3. The van der Waals surface area contributed by atoms with Crippen LogP contribution in [0.4, 0.5) is 10.1 Å². The van der Waals surface area contributed by atoms with Crippen molar-refractivity contribution in [3.63, 3.8) is 0 Å². The highest BCUT2D eigenvalue weighted by Crippen LogP contribution is 2.56. The first-order valence-corrected chi connectivity index (χ1v) is 10.4. The number of anilines is 1. The van der Waals surface area contributed by atoms with Gasteiger partial charge in [-0.15, -0.1) is 0 Å². The molecule has 0 saturated carbocycles. The Morgan fingerprint density at radius 1 is 1.23 bits per heavy atom. The molecule has 2 aliphatic rings. The van der Waals surface area contributed by atoms with Gasteiger partial charge in [0.2, 0.25) is 11.7 Å². The molecule has 5 nitrogen and oxygen atoms in total. The molecule has 0 aliphatic carbocycles. The van der Waals surface area contributed by atoms with Gasteiger partial charge >= 0.3 is 0 Å². The number of nitrogens with zero attached hydrogens (tertiary/aromatic N) is 1. The van der Waals surface area contributed by atoms with Crippen molar-refractivity contribution in [2.75, 3.05) is 18.9 Å². The molecule has 0 bridgehead atoms. The van der Waals surface area contributed by atoms with Crippen LogP contribution in [0.3, 0.4) is 0 Å². The van der Waals surface area contributed by atoms with Gasteiger partial charge in [0.05, 0.1) is 12.2 Å². The van der Waals surface area contributed by atoms with Gasteiger partial charge in [0.25, 0.3) is 0 Å². The highest BCUT2D eigenvalue weighted by Gasteiger charge is 2.64. The number of ketones is 1. The molecule has 3 aromatic rings. The maximum atomic E-state index is 13.7. The number of amides is 1. The first-order chi connectivity index (χ1) is 14.4. The molecule has 1 aromatic heterocycles. The van der Waals surface area contributed by atoms with Gasteiger partial charge in [0, 0.05) is 28.2 Å². The third-order valence-electron chi connectivity index (χ3n) is 6.26. The van der Waals surface area contributed by atoms with E-state index >= 15 is 0 Å². The number of hydrogen-bond acceptors (Lipinski definition) is 4. The topological polar surface area (TPSA) is 62.6 Å². The summed E-state index contributed by atoms with van der Waals surface area (Å²) in [5.74, 6) is -1.69. The van der Waals surface area contributed by atoms with E-state index in [4.69, 9.17) is 4.42 Å². The number of fused-ring (bicyclic) bond motifs is 2. The fraction of sp³-hybridized carbons (Fsp3) is 0.217. The minimum atomic E-state index is -1.19. The molecule has 3 atom stereocenters. The van der Waals surface area contributed by atoms with Gasteiger partial charge in [-0.1, -0.05) is 28.1 Å². The second kappa shape index (κ2) is 6.89. The van der Waals surface area contributed by atoms with Crippen LogP contribution < -0.4 is 5.32 Å². The van der Waals surface area contributed by atoms with Crippen molar-refractivity contribution in [1.82, 2.24) is 4.90 Å². The highest BCUT2D eigenvalue weighted by atomic mass is 79.9. The Balaban J connectivity index is 1.74. The number of halogens is 2. The summed E-state index contributed by atoms with van der Waals surface area (Å²) in [7, 11) is 1.85. The first kappa shape index (κ1) is 19.2. The number of hydrogen-bond donors (Lipinski definition) is 1. The fourth-order valence-corrected chi connectivity index (χ4v) is 5.35. The molecule has 1 fully saturated rings. The predicted molar refractivity (Wildman–Crippen MR) is 113 cm³/mol. The molecular formula is C23H18BrFN2O3. The zero-order chi connectivity index (χ0) is 21.0. The molecule has 1 N–H and O–H groups in total. The largest absolute Gasteiger partial charge is 0.461 e. The van der Waals surface area contributed by atoms with E-state index < -0.39 is 11.5 Å². The van der Waals surface area contributed by atoms with E-state index in [0.29, 0.717) is 12.2 Å². The van der Waals surface area contributed by atoms with E-state index in [-0.39, 0.29) is 29.2 Å². The van der Waals surface area contributed by atoms with Crippen LogP contribution in [0, 0.1) is 11.7 Å². The van der Waals surface area contributed by atoms with E-state index in [0.717, 1.165) is 15.6 Å². The quantitative estimate of drug-likeness (QED) is 0.572. The molecule has 2 aromatic carbocycles. The Morgan fingerprint density at radius 2 is 2.00 bits per heavy atom. The van der Waals surface area contributed by atoms with Gasteiger partial charge in [-0.3, -0.25) is 14.5 Å². The van der Waals surface area contributed by atoms with Gasteiger partial charge < -0.3 is 9.73 Å². The van der Waals surface area contributed by atoms with Crippen molar-refractivity contribution in [1.29, 1.82) is 0 Å². The van der Waals surface area contributed by atoms with E-state index in [1.165, 1.54) is 18.4 Å². The highest BCUT2D eigenvalue weighted by molar-refractivity contribution is 9.10. The summed E-state index contributed by atoms with van der Waals surface area (Å²) in [6.45, 7) is 0.460. The number of likely N-dealkylation sites (tertiary alicyclic amines) is 1. The minimum Gasteiger partial charge on any atom is -0.461 e. The zero-order valence-corrected chi connectivity index (χ0v) is 17.6. The second-order valence-corrected chi connectivity index (χ2v) is 8.68. The van der Waals surface area contributed by atoms with Crippen LogP contribution in [0.15, 0.2) is 69.8 Å². The Kier molecular flexibility index (Phi) is 4.41. The fourth-order valence-electron chi connectivity index (χ4n) is 4.99. The third kappa shape index (κ3) is 2.62. The summed E-state index contributed by atoms with van der Waals surface area (Å²) in [5.41, 5.74) is 1.05. The molecule has 7 heteroatoms. The maximum absolute atomic E-state index is 13.7. The van der Waals surface area contributed by atoms with Crippen molar-refractivity contribution in [2.24, 2.45) is 5.92 Å². The lowest BCUT2D eigenvalue weighted by Crippen LogP contribution is -2.51. The summed E-state index contributed by atoms with van der Waals surface area (Å²) < 4.78 is 19.8. The Labute approximate surface area is 181 Å². The maximum Gasteiger partial charge on any atom is 0.250 e. The van der Waals surface area contributed by atoms with Gasteiger partial charge in [-0.05, 0) is 55.1 Å². The monoisotopic (exact) mass is 468 g/mol. The summed E-state index contributed by atoms with van der Waals surface area (Å²) in [6.07, 6.45) is 1.45. The molecule has 1 saturated heterocycles. The van der Waals surface area contributed by atoms with Crippen LogP contribution in [0.2, 0.25) is 0 Å². The number of carbonyl (C=O) groups excluding carboxylic acids is 2. The molecule has 0 radical (unpaired) electrons. The van der Waals surface area contributed by atoms with Crippen LogP contribution in [0.5, 0.6) is 0 Å². The SMILES string of the molecule is CN1C[C@H](c2ccc(F)cc2)[C@@H](C(=O)c2ccco2)[C@]12C(=O)Nc1ccc(Br)cc12. The van der Waals surface area contributed by atoms with Gasteiger partial charge in [0.15, 0.2) is 5.76 Å². The van der Waals surface area contributed by atoms with E-state index in [9.17, 15) is 14.0 Å². The van der Waals surface area contributed by atoms with Gasteiger partial charge in [-0.2, -0.15) is 0 Å². The molecule has 1 spiro atoms. The van der Waals surface area contributed by atoms with Crippen molar-refractivity contribution in [2.45, 2.75) is 11.5 Å². The summed E-state index contributed by atoms with van der Waals surface area (Å²) in [4.78, 5) is 29.1. The lowest BCUT2D eigenvalue weighted by atomic mass is 9.71. The minimum absolute atomic E-state index is 0.207. The third-order valence-corrected chi connectivity index (χ3v) is 6.75. The zero-order valence-electron chi connectivity index (χ0n) is 16.1. The van der Waals surface area contributed by atoms with Crippen LogP contribution in [-0.4, -0.2) is 30.2 Å². The average Bonchev–Trinajstić information content (AvgIpc) is 3.42. The molecule has 0 unspecified atom stereocenters. The van der Waals surface area contributed by atoms with Crippen molar-refractivity contribution in [3.05, 3.63) is 88.0 Å². The van der Waals surface area contributed by atoms with E-state index in [1.807, 2.05) is 30.1 Å². The smallest absolute Gasteiger partial charge is 0.250 e. The van der Waals surface area contributed by atoms with Crippen molar-refractivity contribution < 1.29 is 18.4 Å². The molecule has 1 amide bonds. The summed E-state index contributed by atoms with van der Waals surface area (Å²) in [6, 6.07) is 15.0. The predicted octanol–water partition coefficient (Wildman–Crippen LogP) is 4.56. The number of Topliss-reactive ketones (excluding diaryl/α,β-unsaturated/α-hetero) is 1. The Morgan fingerprint density at radius 3 is 2.70 bits per heavy atom. The number of furan rings is 1. The van der Waals surface area contributed by atoms with Crippen molar-refractivity contribution >= 4 is 33.3 Å². The number of carbonyl (C=O) groups is 2. The Bertz CT molecular complexity index is 1150. The molecule has 3 heterocycles. The van der Waals surface area contributed by atoms with Gasteiger partial charge in [0.1, 0.15) is 11.4 Å². The standard InChI is InChI=1S/C23H18BrFN2O3/c1-27-12-16(13-4-7-15(25)8-5-13)20(21(28)19-3-2-10-30-19)23(27)17-11-14(24)6-9-18(17)26-22(23)29/h2-11,16,20H,12H2,1H3,(H,26,29)/t16-,20+,23-/m1/s1. The summed E-state index contributed by atoms with van der Waals surface area (Å²) in [5, 5.41) is 2.95. The van der Waals surface area contributed by atoms with Crippen LogP contribution in [0.1, 0.15) is 27.6 Å². The lowest BCUT2D eigenvalue weighted by Gasteiger charge is -2.35. The van der Waals surface area contributed by atoms with Gasteiger partial charge in [-0.25, -0.2) is 4.39 Å². The molecular weight excluding hydrogens is 451 g/mol. The first-order valence-electron chi connectivity index (χ1n) is 9.59. The summed E-state index contributed by atoms with van der Waals surface area (Å²) >= 11 is 3.50. The molecule has 152 valence electrons. The average molecular weight is 469 g/mol. The van der Waals surface area contributed by atoms with Crippen molar-refractivity contribution in [3.8, 4) is 0 Å². The second-order valence-electron chi connectivity index (χ2n) is 7.77. The van der Waals surface area contributed by atoms with Crippen LogP contribution >= 0.6 is 15.9 Å². The van der Waals surface area contributed by atoms with E-state index in [1.54, 1.807) is 24.3 Å². The molecule has 2 aliphatic heterocycles. The lowest BCUT2D eigenvalue weighted by molar-refractivity contribution is -0.126. The molecule has 30 heavy (non-hydrogen) atoms. The number of nitrogens with one attached hydrogen (secondary N) is 1. The van der Waals surface area contributed by atoms with E-state index in [2.05, 4.69) is 21.2 Å². The Hall–Kier alpha value is -2.77. The number of benzene rings is 2. The van der Waals surface area contributed by atoms with Crippen LogP contribution in [-0.2, 0) is 10.3 Å². The number of likely N-dealkylation sites (N-methyl/N-ethyl adjacent to an activating group) is 1. The van der Waals surface area contributed by atoms with Crippen LogP contribution in [0.25, 0.3) is 0 Å². The normalized spacial score (nSPS) is 25.5. The molecule has 5 rings (SSSR count).